The molecular formula is C22H24N4O4S2. The summed E-state index contributed by atoms with van der Waals surface area (Å²) in [4.78, 5) is 43.5. The van der Waals surface area contributed by atoms with Gasteiger partial charge in [0, 0.05) is 12.0 Å². The fourth-order valence-corrected chi connectivity index (χ4v) is 6.19. The lowest BCUT2D eigenvalue weighted by Gasteiger charge is -2.18. The number of amides is 2. The third-order valence-corrected chi connectivity index (χ3v) is 7.54. The standard InChI is InChI=1S/C22H24N4O4S2/c1-12(10-30-2)26-21(29)13-6-3-4-8-15(13)24-22(26)31-11-17(27)25-20-18(19(23)28)14-7-5-9-16(14)32-20/h3-4,6,8,12H,5,7,9-11H2,1-2H3,(H2,23,28)(H,25,27). The lowest BCUT2D eigenvalue weighted by Crippen LogP contribution is -2.29. The van der Waals surface area contributed by atoms with Gasteiger partial charge in [-0.1, -0.05) is 23.9 Å². The average Bonchev–Trinajstić information content (AvgIpc) is 3.33. The summed E-state index contributed by atoms with van der Waals surface area (Å²) in [5.41, 5.74) is 7.37. The van der Waals surface area contributed by atoms with Crippen LogP contribution in [0.25, 0.3) is 10.9 Å². The SMILES string of the molecule is COCC(C)n1c(SCC(=O)Nc2sc3c(c2C(N)=O)CCC3)nc2ccccc2c1=O. The van der Waals surface area contributed by atoms with Crippen molar-refractivity contribution in [2.45, 2.75) is 37.4 Å². The van der Waals surface area contributed by atoms with Crippen molar-refractivity contribution in [3.63, 3.8) is 0 Å². The van der Waals surface area contributed by atoms with Crippen molar-refractivity contribution < 1.29 is 14.3 Å². The molecule has 1 aliphatic carbocycles. The maximum atomic E-state index is 13.1. The Kier molecular flexibility index (Phi) is 6.63. The fourth-order valence-electron chi connectivity index (χ4n) is 3.98. The molecular weight excluding hydrogens is 448 g/mol. The molecule has 1 unspecified atom stereocenters. The summed E-state index contributed by atoms with van der Waals surface area (Å²) < 4.78 is 6.80. The van der Waals surface area contributed by atoms with Gasteiger partial charge in [-0.15, -0.1) is 11.3 Å². The quantitative estimate of drug-likeness (QED) is 0.385. The molecule has 0 spiro atoms. The zero-order chi connectivity index (χ0) is 22.8. The van der Waals surface area contributed by atoms with Crippen LogP contribution in [0.1, 0.15) is 40.2 Å². The van der Waals surface area contributed by atoms with Crippen molar-refractivity contribution in [2.75, 3.05) is 24.8 Å². The number of nitrogens with two attached hydrogens (primary N) is 1. The van der Waals surface area contributed by atoms with Crippen molar-refractivity contribution in [3.8, 4) is 0 Å². The Bertz CT molecular complexity index is 1250. The molecule has 32 heavy (non-hydrogen) atoms. The zero-order valence-electron chi connectivity index (χ0n) is 17.8. The number of aromatic nitrogens is 2. The summed E-state index contributed by atoms with van der Waals surface area (Å²) in [6, 6.07) is 6.88. The number of carbonyl (C=O) groups is 2. The van der Waals surface area contributed by atoms with Gasteiger partial charge in [-0.3, -0.25) is 19.0 Å². The number of rotatable bonds is 8. The number of nitrogens with one attached hydrogen (secondary N) is 1. The first kappa shape index (κ1) is 22.5. The van der Waals surface area contributed by atoms with Crippen molar-refractivity contribution in [1.82, 2.24) is 9.55 Å². The molecule has 0 aliphatic heterocycles. The molecule has 1 atom stereocenters. The molecule has 2 aromatic heterocycles. The molecule has 0 radical (unpaired) electrons. The average molecular weight is 473 g/mol. The summed E-state index contributed by atoms with van der Waals surface area (Å²) in [5, 5.41) is 4.30. The highest BCUT2D eigenvalue weighted by molar-refractivity contribution is 7.99. The van der Waals surface area contributed by atoms with Crippen LogP contribution in [0, 0.1) is 0 Å². The Balaban J connectivity index is 1.58. The minimum absolute atomic E-state index is 0.0330. The predicted molar refractivity (Wildman–Crippen MR) is 127 cm³/mol. The van der Waals surface area contributed by atoms with Gasteiger partial charge in [-0.05, 0) is 43.9 Å². The fraction of sp³-hybridized carbons (Fsp3) is 0.364. The Morgan fingerprint density at radius 2 is 2.12 bits per heavy atom. The number of methoxy groups -OCH3 is 1. The highest BCUT2D eigenvalue weighted by Crippen LogP contribution is 2.39. The van der Waals surface area contributed by atoms with Crippen molar-refractivity contribution in [2.24, 2.45) is 5.73 Å². The van der Waals surface area contributed by atoms with E-state index >= 15 is 0 Å². The maximum Gasteiger partial charge on any atom is 0.262 e. The number of thioether (sulfide) groups is 1. The van der Waals surface area contributed by atoms with E-state index in [0.29, 0.717) is 33.2 Å². The number of carbonyl (C=O) groups excluding carboxylic acids is 2. The van der Waals surface area contributed by atoms with E-state index in [4.69, 9.17) is 10.5 Å². The number of fused-ring (bicyclic) bond motifs is 2. The van der Waals surface area contributed by atoms with E-state index in [-0.39, 0.29) is 23.3 Å². The van der Waals surface area contributed by atoms with Crippen LogP contribution in [0.15, 0.2) is 34.2 Å². The second kappa shape index (κ2) is 9.43. The van der Waals surface area contributed by atoms with Gasteiger partial charge in [0.05, 0.1) is 34.9 Å². The molecule has 2 amide bonds. The third-order valence-electron chi connectivity index (χ3n) is 5.38. The number of hydrogen-bond acceptors (Lipinski definition) is 7. The second-order valence-corrected chi connectivity index (χ2v) is 9.70. The zero-order valence-corrected chi connectivity index (χ0v) is 19.5. The van der Waals surface area contributed by atoms with Gasteiger partial charge < -0.3 is 15.8 Å². The highest BCUT2D eigenvalue weighted by Gasteiger charge is 2.26. The molecule has 0 fully saturated rings. The van der Waals surface area contributed by atoms with Crippen LogP contribution in [-0.4, -0.2) is 40.8 Å². The monoisotopic (exact) mass is 472 g/mol. The number of para-hydroxylation sites is 1. The summed E-state index contributed by atoms with van der Waals surface area (Å²) in [7, 11) is 1.57. The summed E-state index contributed by atoms with van der Waals surface area (Å²) in [6.45, 7) is 2.21. The van der Waals surface area contributed by atoms with Gasteiger partial charge in [0.25, 0.3) is 11.5 Å². The maximum absolute atomic E-state index is 13.1. The minimum atomic E-state index is -0.522. The van der Waals surface area contributed by atoms with Gasteiger partial charge >= 0.3 is 0 Å². The molecule has 3 N–H and O–H groups in total. The van der Waals surface area contributed by atoms with Crippen LogP contribution in [0.2, 0.25) is 0 Å². The van der Waals surface area contributed by atoms with E-state index in [9.17, 15) is 14.4 Å². The first-order chi connectivity index (χ1) is 15.4. The molecule has 2 heterocycles. The smallest absolute Gasteiger partial charge is 0.262 e. The van der Waals surface area contributed by atoms with Crippen LogP contribution in [-0.2, 0) is 22.4 Å². The van der Waals surface area contributed by atoms with Crippen LogP contribution < -0.4 is 16.6 Å². The van der Waals surface area contributed by atoms with Crippen molar-refractivity contribution in [1.29, 1.82) is 0 Å². The predicted octanol–water partition coefficient (Wildman–Crippen LogP) is 2.98. The van der Waals surface area contributed by atoms with E-state index in [1.807, 2.05) is 13.0 Å². The molecule has 1 aliphatic rings. The molecule has 8 nitrogen and oxygen atoms in total. The molecule has 1 aromatic carbocycles. The Morgan fingerprint density at radius 3 is 2.88 bits per heavy atom. The van der Waals surface area contributed by atoms with Crippen molar-refractivity contribution >= 4 is 50.8 Å². The number of anilines is 1. The van der Waals surface area contributed by atoms with E-state index in [1.165, 1.54) is 23.1 Å². The van der Waals surface area contributed by atoms with E-state index < -0.39 is 5.91 Å². The molecule has 3 aromatic rings. The largest absolute Gasteiger partial charge is 0.383 e. The first-order valence-corrected chi connectivity index (χ1v) is 12.1. The summed E-state index contributed by atoms with van der Waals surface area (Å²) >= 11 is 2.59. The molecule has 0 saturated heterocycles. The lowest BCUT2D eigenvalue weighted by atomic mass is 10.1. The summed E-state index contributed by atoms with van der Waals surface area (Å²) in [5.74, 6) is -0.776. The van der Waals surface area contributed by atoms with Gasteiger partial charge in [0.2, 0.25) is 5.91 Å². The van der Waals surface area contributed by atoms with Gasteiger partial charge in [0.15, 0.2) is 5.16 Å². The second-order valence-electron chi connectivity index (χ2n) is 7.65. The molecule has 4 rings (SSSR count). The number of benzene rings is 1. The minimum Gasteiger partial charge on any atom is -0.383 e. The van der Waals surface area contributed by atoms with E-state index in [2.05, 4.69) is 10.3 Å². The third kappa shape index (κ3) is 4.30. The van der Waals surface area contributed by atoms with Crippen LogP contribution in [0.3, 0.4) is 0 Å². The Hall–Kier alpha value is -2.69. The van der Waals surface area contributed by atoms with E-state index in [0.717, 1.165) is 29.7 Å². The molecule has 10 heteroatoms. The Labute approximate surface area is 193 Å². The van der Waals surface area contributed by atoms with Gasteiger partial charge in [-0.2, -0.15) is 0 Å². The van der Waals surface area contributed by atoms with Crippen molar-refractivity contribution in [3.05, 3.63) is 50.6 Å². The van der Waals surface area contributed by atoms with Crippen LogP contribution >= 0.6 is 23.1 Å². The highest BCUT2D eigenvalue weighted by atomic mass is 32.2. The summed E-state index contributed by atoms with van der Waals surface area (Å²) in [6.07, 6.45) is 2.70. The van der Waals surface area contributed by atoms with Gasteiger partial charge in [0.1, 0.15) is 5.00 Å². The number of hydrogen-bond donors (Lipinski definition) is 2. The topological polar surface area (TPSA) is 116 Å². The number of thiophene rings is 1. The molecule has 0 bridgehead atoms. The normalized spacial score (nSPS) is 13.8. The van der Waals surface area contributed by atoms with Gasteiger partial charge in [-0.25, -0.2) is 4.98 Å². The number of primary amides is 1. The Morgan fingerprint density at radius 1 is 1.34 bits per heavy atom. The first-order valence-electron chi connectivity index (χ1n) is 10.3. The number of ether oxygens (including phenoxy) is 1. The lowest BCUT2D eigenvalue weighted by molar-refractivity contribution is -0.113. The van der Waals surface area contributed by atoms with Crippen LogP contribution in [0.4, 0.5) is 5.00 Å². The number of aryl methyl sites for hydroxylation is 1. The van der Waals surface area contributed by atoms with E-state index in [1.54, 1.807) is 29.9 Å². The molecule has 0 saturated carbocycles. The van der Waals surface area contributed by atoms with Crippen LogP contribution in [0.5, 0.6) is 0 Å². The number of nitrogens with zero attached hydrogens (tertiary/aromatic N) is 2. The molecule has 168 valence electrons.